The van der Waals surface area contributed by atoms with Crippen molar-refractivity contribution >= 4 is 34.3 Å². The molecular formula is C25H24ClNO4. The molecule has 0 atom stereocenters. The lowest BCUT2D eigenvalue weighted by atomic mass is 9.81. The fourth-order valence-electron chi connectivity index (χ4n) is 4.92. The van der Waals surface area contributed by atoms with Crippen LogP contribution >= 0.6 is 11.6 Å². The molecule has 2 aliphatic heterocycles. The summed E-state index contributed by atoms with van der Waals surface area (Å²) in [6.07, 6.45) is 1.51. The van der Waals surface area contributed by atoms with Gasteiger partial charge in [-0.05, 0) is 44.0 Å². The number of fused-ring (bicyclic) bond motifs is 2. The van der Waals surface area contributed by atoms with Crippen molar-refractivity contribution < 1.29 is 18.7 Å². The monoisotopic (exact) mass is 437 g/mol. The molecule has 5 nitrogen and oxygen atoms in total. The number of amides is 1. The number of ketones is 1. The molecule has 0 N–H and O–H groups in total. The second-order valence-corrected chi connectivity index (χ2v) is 9.11. The van der Waals surface area contributed by atoms with Crippen molar-refractivity contribution in [2.75, 3.05) is 13.1 Å². The van der Waals surface area contributed by atoms with E-state index in [9.17, 15) is 9.59 Å². The van der Waals surface area contributed by atoms with Crippen LogP contribution in [0.4, 0.5) is 0 Å². The number of carbonyl (C=O) groups is 2. The van der Waals surface area contributed by atoms with Crippen LogP contribution in [0.2, 0.25) is 5.02 Å². The van der Waals surface area contributed by atoms with Crippen molar-refractivity contribution in [3.63, 3.8) is 0 Å². The quantitative estimate of drug-likeness (QED) is 0.493. The number of ether oxygens (including phenoxy) is 1. The third-order valence-corrected chi connectivity index (χ3v) is 7.31. The second kappa shape index (κ2) is 7.13. The van der Waals surface area contributed by atoms with Gasteiger partial charge in [-0.3, -0.25) is 9.59 Å². The molecule has 1 aromatic heterocycles. The number of hydrogen-bond acceptors (Lipinski definition) is 4. The summed E-state index contributed by atoms with van der Waals surface area (Å²) in [7, 11) is 0. The van der Waals surface area contributed by atoms with E-state index in [1.165, 1.54) is 0 Å². The Kier molecular flexibility index (Phi) is 4.63. The molecule has 3 aromatic rings. The predicted molar refractivity (Wildman–Crippen MR) is 119 cm³/mol. The first-order valence-corrected chi connectivity index (χ1v) is 11.0. The zero-order valence-corrected chi connectivity index (χ0v) is 18.6. The third-order valence-electron chi connectivity index (χ3n) is 6.73. The number of hydrogen-bond donors (Lipinski definition) is 0. The molecule has 2 aromatic carbocycles. The third kappa shape index (κ3) is 3.14. The summed E-state index contributed by atoms with van der Waals surface area (Å²) in [6, 6.07) is 9.54. The Morgan fingerprint density at radius 2 is 1.81 bits per heavy atom. The molecule has 0 saturated carbocycles. The topological polar surface area (TPSA) is 59.8 Å². The molecule has 6 heteroatoms. The van der Waals surface area contributed by atoms with Crippen LogP contribution in [0.5, 0.6) is 5.75 Å². The van der Waals surface area contributed by atoms with E-state index in [2.05, 4.69) is 0 Å². The van der Waals surface area contributed by atoms with E-state index in [-0.39, 0.29) is 11.7 Å². The lowest BCUT2D eigenvalue weighted by Crippen LogP contribution is -2.52. The maximum Gasteiger partial charge on any atom is 0.289 e. The average Bonchev–Trinajstić information content (AvgIpc) is 3.08. The van der Waals surface area contributed by atoms with Crippen molar-refractivity contribution in [2.24, 2.45) is 0 Å². The number of aryl methyl sites for hydroxylation is 2. The van der Waals surface area contributed by atoms with Crippen LogP contribution in [0, 0.1) is 20.8 Å². The van der Waals surface area contributed by atoms with Crippen molar-refractivity contribution in [1.29, 1.82) is 0 Å². The number of rotatable bonds is 1. The first-order chi connectivity index (χ1) is 14.8. The Labute approximate surface area is 185 Å². The summed E-state index contributed by atoms with van der Waals surface area (Å²) in [5.74, 6) is 0.964. The van der Waals surface area contributed by atoms with Gasteiger partial charge in [0, 0.05) is 41.9 Å². The van der Waals surface area contributed by atoms with E-state index in [1.807, 2.05) is 51.1 Å². The minimum absolute atomic E-state index is 0.0635. The van der Waals surface area contributed by atoms with Gasteiger partial charge in [0.25, 0.3) is 5.91 Å². The van der Waals surface area contributed by atoms with E-state index in [0.29, 0.717) is 54.4 Å². The van der Waals surface area contributed by atoms with Crippen molar-refractivity contribution in [3.8, 4) is 5.75 Å². The largest absolute Gasteiger partial charge is 0.486 e. The number of nitrogens with zero attached hydrogens (tertiary/aromatic N) is 1. The second-order valence-electron chi connectivity index (χ2n) is 8.74. The molecular weight excluding hydrogens is 414 g/mol. The Morgan fingerprint density at radius 3 is 2.52 bits per heavy atom. The Morgan fingerprint density at radius 1 is 1.10 bits per heavy atom. The summed E-state index contributed by atoms with van der Waals surface area (Å²) in [5, 5.41) is 1.58. The Hall–Kier alpha value is -2.79. The summed E-state index contributed by atoms with van der Waals surface area (Å²) in [6.45, 7) is 6.74. The van der Waals surface area contributed by atoms with Crippen LogP contribution in [-0.4, -0.2) is 35.3 Å². The smallest absolute Gasteiger partial charge is 0.289 e. The molecule has 160 valence electrons. The zero-order valence-electron chi connectivity index (χ0n) is 17.9. The van der Waals surface area contributed by atoms with Crippen LogP contribution in [0.3, 0.4) is 0 Å². The fourth-order valence-corrected chi connectivity index (χ4v) is 5.07. The van der Waals surface area contributed by atoms with Gasteiger partial charge in [0.15, 0.2) is 11.5 Å². The molecule has 3 heterocycles. The minimum atomic E-state index is -0.573. The van der Waals surface area contributed by atoms with E-state index in [4.69, 9.17) is 20.8 Å². The van der Waals surface area contributed by atoms with E-state index >= 15 is 0 Å². The number of piperidine rings is 1. The van der Waals surface area contributed by atoms with Crippen LogP contribution < -0.4 is 4.74 Å². The number of halogens is 1. The summed E-state index contributed by atoms with van der Waals surface area (Å²) in [4.78, 5) is 28.0. The predicted octanol–water partition coefficient (Wildman–Crippen LogP) is 5.65. The number of Topliss-reactive ketones (excluding diaryl/α,β-unsaturated/α-hetero) is 1. The van der Waals surface area contributed by atoms with Gasteiger partial charge < -0.3 is 14.1 Å². The SMILES string of the molecule is Cc1cc2c(c(C)c1Cl)C(=O)CC1(CCN(C(=O)c3oc4ccccc4c3C)CC1)O2. The fraction of sp³-hybridized carbons (Fsp3) is 0.360. The molecule has 1 amide bonds. The van der Waals surface area contributed by atoms with Gasteiger partial charge >= 0.3 is 0 Å². The average molecular weight is 438 g/mol. The molecule has 0 unspecified atom stereocenters. The highest BCUT2D eigenvalue weighted by Gasteiger charge is 2.45. The van der Waals surface area contributed by atoms with Gasteiger partial charge in [-0.25, -0.2) is 0 Å². The Balaban J connectivity index is 1.37. The van der Waals surface area contributed by atoms with E-state index < -0.39 is 5.60 Å². The number of para-hydroxylation sites is 1. The molecule has 1 fully saturated rings. The molecule has 0 radical (unpaired) electrons. The van der Waals surface area contributed by atoms with E-state index in [1.54, 1.807) is 4.90 Å². The van der Waals surface area contributed by atoms with Crippen LogP contribution in [0.15, 0.2) is 34.7 Å². The van der Waals surface area contributed by atoms with Gasteiger partial charge in [0.1, 0.15) is 16.9 Å². The minimum Gasteiger partial charge on any atom is -0.486 e. The van der Waals surface area contributed by atoms with Gasteiger partial charge in [-0.2, -0.15) is 0 Å². The van der Waals surface area contributed by atoms with Gasteiger partial charge in [0.2, 0.25) is 0 Å². The van der Waals surface area contributed by atoms with Crippen LogP contribution in [0.1, 0.15) is 56.9 Å². The number of benzene rings is 2. The lowest BCUT2D eigenvalue weighted by Gasteiger charge is -2.44. The lowest BCUT2D eigenvalue weighted by molar-refractivity contribution is -0.00649. The number of likely N-dealkylation sites (tertiary alicyclic amines) is 1. The first kappa shape index (κ1) is 20.1. The highest BCUT2D eigenvalue weighted by Crippen LogP contribution is 2.43. The molecule has 31 heavy (non-hydrogen) atoms. The normalized spacial score (nSPS) is 17.7. The number of carbonyl (C=O) groups excluding carboxylic acids is 2. The molecule has 5 rings (SSSR count). The zero-order chi connectivity index (χ0) is 21.9. The molecule has 0 bridgehead atoms. The van der Waals surface area contributed by atoms with E-state index in [0.717, 1.165) is 27.7 Å². The van der Waals surface area contributed by atoms with Gasteiger partial charge in [-0.1, -0.05) is 29.8 Å². The summed E-state index contributed by atoms with van der Waals surface area (Å²) < 4.78 is 12.3. The maximum atomic E-state index is 13.2. The standard InChI is InChI=1S/C25H24ClNO4/c1-14-12-20-21(16(3)22(14)26)18(28)13-25(31-20)8-10-27(11-9-25)24(29)23-15(2)17-6-4-5-7-19(17)30-23/h4-7,12H,8-11,13H2,1-3H3. The Bertz CT molecular complexity index is 1230. The number of furan rings is 1. The van der Waals surface area contributed by atoms with Gasteiger partial charge in [-0.15, -0.1) is 0 Å². The molecule has 1 spiro atoms. The van der Waals surface area contributed by atoms with Crippen molar-refractivity contribution in [1.82, 2.24) is 4.90 Å². The highest BCUT2D eigenvalue weighted by molar-refractivity contribution is 6.32. The molecule has 1 saturated heterocycles. The maximum absolute atomic E-state index is 13.2. The summed E-state index contributed by atoms with van der Waals surface area (Å²) in [5.41, 5.74) is 3.29. The first-order valence-electron chi connectivity index (χ1n) is 10.6. The van der Waals surface area contributed by atoms with Crippen LogP contribution in [0.25, 0.3) is 11.0 Å². The van der Waals surface area contributed by atoms with Crippen molar-refractivity contribution in [2.45, 2.75) is 45.6 Å². The van der Waals surface area contributed by atoms with Crippen LogP contribution in [-0.2, 0) is 0 Å². The highest BCUT2D eigenvalue weighted by atomic mass is 35.5. The van der Waals surface area contributed by atoms with Crippen molar-refractivity contribution in [3.05, 3.63) is 63.4 Å². The summed E-state index contributed by atoms with van der Waals surface area (Å²) >= 11 is 6.35. The molecule has 2 aliphatic rings. The molecule has 0 aliphatic carbocycles. The van der Waals surface area contributed by atoms with Gasteiger partial charge in [0.05, 0.1) is 12.0 Å².